The predicted molar refractivity (Wildman–Crippen MR) is 86.1 cm³/mol. The van der Waals surface area contributed by atoms with Crippen LogP contribution < -0.4 is 9.47 Å². The van der Waals surface area contributed by atoms with E-state index >= 15 is 0 Å². The van der Waals surface area contributed by atoms with Crippen LogP contribution in [0, 0.1) is 0 Å². The van der Waals surface area contributed by atoms with Crippen LogP contribution in [0.25, 0.3) is 10.1 Å². The van der Waals surface area contributed by atoms with Crippen LogP contribution in [0.4, 0.5) is 0 Å². The minimum absolute atomic E-state index is 0.286. The van der Waals surface area contributed by atoms with Crippen molar-refractivity contribution < 1.29 is 19.4 Å². The van der Waals surface area contributed by atoms with Gasteiger partial charge in [0.1, 0.15) is 18.1 Å². The van der Waals surface area contributed by atoms with Gasteiger partial charge < -0.3 is 14.6 Å². The molecule has 0 radical (unpaired) electrons. The molecule has 22 heavy (non-hydrogen) atoms. The average molecular weight is 314 g/mol. The lowest BCUT2D eigenvalue weighted by Gasteiger charge is -2.07. The summed E-state index contributed by atoms with van der Waals surface area (Å²) in [5.74, 6) is 0.529. The van der Waals surface area contributed by atoms with Crippen molar-refractivity contribution in [3.63, 3.8) is 0 Å². The van der Waals surface area contributed by atoms with Crippen LogP contribution in [-0.4, -0.2) is 18.2 Å². The first-order valence-corrected chi connectivity index (χ1v) is 7.55. The van der Waals surface area contributed by atoms with E-state index < -0.39 is 5.97 Å². The summed E-state index contributed by atoms with van der Waals surface area (Å²) in [6, 6.07) is 12.5. The number of carboxylic acid groups (broad SMARTS) is 1. The molecule has 0 aliphatic rings. The zero-order valence-electron chi connectivity index (χ0n) is 11.9. The van der Waals surface area contributed by atoms with Gasteiger partial charge in [0, 0.05) is 16.3 Å². The van der Waals surface area contributed by atoms with E-state index in [4.69, 9.17) is 14.6 Å². The molecule has 0 saturated carbocycles. The smallest absolute Gasteiger partial charge is 0.335 e. The molecule has 0 fully saturated rings. The third kappa shape index (κ3) is 2.89. The van der Waals surface area contributed by atoms with Crippen molar-refractivity contribution in [2.24, 2.45) is 0 Å². The average Bonchev–Trinajstić information content (AvgIpc) is 2.95. The maximum atomic E-state index is 11.1. The normalized spacial score (nSPS) is 10.6. The van der Waals surface area contributed by atoms with Gasteiger partial charge in [-0.15, -0.1) is 11.3 Å². The van der Waals surface area contributed by atoms with Crippen LogP contribution in [0.2, 0.25) is 0 Å². The SMILES string of the molecule is COc1cccc(OCc2csc3ccc(C(=O)O)cc23)c1. The first-order chi connectivity index (χ1) is 10.7. The molecule has 3 aromatic rings. The van der Waals surface area contributed by atoms with Gasteiger partial charge in [0.15, 0.2) is 0 Å². The van der Waals surface area contributed by atoms with Gasteiger partial charge in [-0.3, -0.25) is 0 Å². The molecule has 0 aliphatic heterocycles. The predicted octanol–water partition coefficient (Wildman–Crippen LogP) is 4.19. The van der Waals surface area contributed by atoms with E-state index in [1.54, 1.807) is 30.6 Å². The van der Waals surface area contributed by atoms with E-state index in [0.29, 0.717) is 12.4 Å². The number of carboxylic acids is 1. The maximum absolute atomic E-state index is 11.1. The first kappa shape index (κ1) is 14.4. The Morgan fingerprint density at radius 1 is 1.18 bits per heavy atom. The minimum Gasteiger partial charge on any atom is -0.497 e. The van der Waals surface area contributed by atoms with Crippen molar-refractivity contribution in [1.29, 1.82) is 0 Å². The molecule has 5 heteroatoms. The molecule has 0 bridgehead atoms. The maximum Gasteiger partial charge on any atom is 0.335 e. The van der Waals surface area contributed by atoms with Crippen LogP contribution in [0.1, 0.15) is 15.9 Å². The lowest BCUT2D eigenvalue weighted by atomic mass is 10.1. The number of methoxy groups -OCH3 is 1. The summed E-state index contributed by atoms with van der Waals surface area (Å²) in [7, 11) is 1.61. The second-order valence-corrected chi connectivity index (χ2v) is 5.66. The van der Waals surface area contributed by atoms with Gasteiger partial charge in [0.05, 0.1) is 12.7 Å². The Hall–Kier alpha value is -2.53. The second kappa shape index (κ2) is 6.07. The molecule has 2 aromatic carbocycles. The summed E-state index contributed by atoms with van der Waals surface area (Å²) >= 11 is 1.58. The van der Waals surface area contributed by atoms with Gasteiger partial charge in [0.25, 0.3) is 0 Å². The van der Waals surface area contributed by atoms with Crippen molar-refractivity contribution in [1.82, 2.24) is 0 Å². The Balaban J connectivity index is 1.84. The third-order valence-electron chi connectivity index (χ3n) is 3.34. The molecule has 112 valence electrons. The highest BCUT2D eigenvalue weighted by atomic mass is 32.1. The highest BCUT2D eigenvalue weighted by Gasteiger charge is 2.09. The standard InChI is InChI=1S/C17H14O4S/c1-20-13-3-2-4-14(8-13)21-9-12-10-22-16-6-5-11(17(18)19)7-15(12)16/h2-8,10H,9H2,1H3,(H,18,19). The largest absolute Gasteiger partial charge is 0.497 e. The van der Waals surface area contributed by atoms with Gasteiger partial charge in [-0.2, -0.15) is 0 Å². The molecular formula is C17H14O4S. The van der Waals surface area contributed by atoms with Crippen molar-refractivity contribution in [3.8, 4) is 11.5 Å². The molecule has 0 saturated heterocycles. The summed E-state index contributed by atoms with van der Waals surface area (Å²) in [6.07, 6.45) is 0. The number of aromatic carboxylic acids is 1. The van der Waals surface area contributed by atoms with Crippen LogP contribution in [0.3, 0.4) is 0 Å². The number of rotatable bonds is 5. The zero-order chi connectivity index (χ0) is 15.5. The fourth-order valence-corrected chi connectivity index (χ4v) is 3.11. The van der Waals surface area contributed by atoms with Crippen molar-refractivity contribution >= 4 is 27.4 Å². The number of ether oxygens (including phenoxy) is 2. The van der Waals surface area contributed by atoms with Gasteiger partial charge in [-0.1, -0.05) is 6.07 Å². The van der Waals surface area contributed by atoms with Crippen LogP contribution >= 0.6 is 11.3 Å². The Kier molecular flexibility index (Phi) is 3.98. The quantitative estimate of drug-likeness (QED) is 0.767. The van der Waals surface area contributed by atoms with Crippen molar-refractivity contribution in [3.05, 3.63) is 59.0 Å². The number of fused-ring (bicyclic) bond motifs is 1. The molecule has 4 nitrogen and oxygen atoms in total. The number of carbonyl (C=O) groups is 1. The van der Waals surface area contributed by atoms with E-state index in [0.717, 1.165) is 21.4 Å². The number of thiophene rings is 1. The van der Waals surface area contributed by atoms with E-state index in [1.807, 2.05) is 35.7 Å². The Labute approximate surface area is 131 Å². The molecule has 1 heterocycles. The van der Waals surface area contributed by atoms with Crippen molar-refractivity contribution in [2.75, 3.05) is 7.11 Å². The lowest BCUT2D eigenvalue weighted by Crippen LogP contribution is -1.97. The molecule has 0 aliphatic carbocycles. The lowest BCUT2D eigenvalue weighted by molar-refractivity contribution is 0.0697. The van der Waals surface area contributed by atoms with E-state index in [9.17, 15) is 4.79 Å². The summed E-state index contributed by atoms with van der Waals surface area (Å²) < 4.78 is 12.0. The van der Waals surface area contributed by atoms with Crippen LogP contribution in [0.15, 0.2) is 47.8 Å². The molecule has 1 aromatic heterocycles. The summed E-state index contributed by atoms with van der Waals surface area (Å²) in [4.78, 5) is 11.1. The highest BCUT2D eigenvalue weighted by Crippen LogP contribution is 2.28. The Bertz CT molecular complexity index is 822. The van der Waals surface area contributed by atoms with E-state index in [-0.39, 0.29) is 5.56 Å². The summed E-state index contributed by atoms with van der Waals surface area (Å²) in [5, 5.41) is 12.0. The van der Waals surface area contributed by atoms with Gasteiger partial charge in [0.2, 0.25) is 0 Å². The monoisotopic (exact) mass is 314 g/mol. The zero-order valence-corrected chi connectivity index (χ0v) is 12.7. The topological polar surface area (TPSA) is 55.8 Å². The van der Waals surface area contributed by atoms with Crippen LogP contribution in [0.5, 0.6) is 11.5 Å². The molecule has 1 N–H and O–H groups in total. The van der Waals surface area contributed by atoms with E-state index in [2.05, 4.69) is 0 Å². The van der Waals surface area contributed by atoms with Gasteiger partial charge >= 0.3 is 5.97 Å². The minimum atomic E-state index is -0.923. The van der Waals surface area contributed by atoms with Gasteiger partial charge in [-0.25, -0.2) is 4.79 Å². The summed E-state index contributed by atoms with van der Waals surface area (Å²) in [6.45, 7) is 0.385. The van der Waals surface area contributed by atoms with Crippen molar-refractivity contribution in [2.45, 2.75) is 6.61 Å². The third-order valence-corrected chi connectivity index (χ3v) is 4.35. The van der Waals surface area contributed by atoms with E-state index in [1.165, 1.54) is 0 Å². The molecule has 3 rings (SSSR count). The second-order valence-electron chi connectivity index (χ2n) is 4.74. The fourth-order valence-electron chi connectivity index (χ4n) is 2.18. The molecule has 0 atom stereocenters. The molecule has 0 amide bonds. The van der Waals surface area contributed by atoms with Gasteiger partial charge in [-0.05, 0) is 41.1 Å². The molecule has 0 unspecified atom stereocenters. The van der Waals surface area contributed by atoms with Crippen LogP contribution in [-0.2, 0) is 6.61 Å². The first-order valence-electron chi connectivity index (χ1n) is 6.67. The number of benzene rings is 2. The molecule has 0 spiro atoms. The highest BCUT2D eigenvalue weighted by molar-refractivity contribution is 7.17. The molecular weight excluding hydrogens is 300 g/mol. The fraction of sp³-hybridized carbons (Fsp3) is 0.118. The number of hydrogen-bond acceptors (Lipinski definition) is 4. The summed E-state index contributed by atoms with van der Waals surface area (Å²) in [5.41, 5.74) is 1.26. The number of hydrogen-bond donors (Lipinski definition) is 1. The Morgan fingerprint density at radius 2 is 2.00 bits per heavy atom. The Morgan fingerprint density at radius 3 is 2.77 bits per heavy atom.